The Hall–Kier alpha value is -3.44. The van der Waals surface area contributed by atoms with Gasteiger partial charge >= 0.3 is 6.55 Å². The molecule has 0 saturated carbocycles. The zero-order valence-corrected chi connectivity index (χ0v) is 18.3. The maximum Gasteiger partial charge on any atom is 0.320 e. The lowest BCUT2D eigenvalue weighted by Crippen LogP contribution is -2.26. The van der Waals surface area contributed by atoms with Gasteiger partial charge in [0.2, 0.25) is 5.43 Å². The molecule has 4 aromatic rings. The number of alkyl halides is 2. The average molecular weight is 477 g/mol. The van der Waals surface area contributed by atoms with Gasteiger partial charge in [-0.2, -0.15) is 13.9 Å². The number of hydrogen-bond acceptors (Lipinski definition) is 6. The summed E-state index contributed by atoms with van der Waals surface area (Å²) >= 11 is 6.89. The van der Waals surface area contributed by atoms with Crippen LogP contribution in [0, 0.1) is 13.8 Å². The molecule has 3 heterocycles. The van der Waals surface area contributed by atoms with E-state index in [0.717, 1.165) is 17.5 Å². The minimum atomic E-state index is -2.77. The van der Waals surface area contributed by atoms with Gasteiger partial charge in [-0.3, -0.25) is 19.5 Å². The molecule has 0 bridgehead atoms. The Kier molecular flexibility index (Phi) is 5.85. The first-order valence-corrected chi connectivity index (χ1v) is 10.4. The molecule has 164 valence electrons. The number of halogens is 3. The summed E-state index contributed by atoms with van der Waals surface area (Å²) in [4.78, 5) is 33.7. The van der Waals surface area contributed by atoms with Gasteiger partial charge in [-0.05, 0) is 38.1 Å². The highest BCUT2D eigenvalue weighted by atomic mass is 35.5. The first kappa shape index (κ1) is 21.8. The highest BCUT2D eigenvalue weighted by Crippen LogP contribution is 2.33. The number of thiazole rings is 1. The predicted octanol–water partition coefficient (Wildman–Crippen LogP) is 4.47. The van der Waals surface area contributed by atoms with Gasteiger partial charge in [0.1, 0.15) is 0 Å². The van der Waals surface area contributed by atoms with Crippen LogP contribution in [0.25, 0.3) is 16.4 Å². The highest BCUT2D eigenvalue weighted by Gasteiger charge is 2.21. The Bertz CT molecular complexity index is 1360. The molecule has 0 atom stereocenters. The van der Waals surface area contributed by atoms with Crippen molar-refractivity contribution in [1.82, 2.24) is 24.3 Å². The topological polar surface area (TPSA) is 94.7 Å². The van der Waals surface area contributed by atoms with Crippen molar-refractivity contribution in [3.05, 3.63) is 75.1 Å². The van der Waals surface area contributed by atoms with Gasteiger partial charge in [-0.15, -0.1) is 0 Å². The Morgan fingerprint density at radius 1 is 1.22 bits per heavy atom. The number of aromatic nitrogens is 5. The monoisotopic (exact) mass is 476 g/mol. The van der Waals surface area contributed by atoms with Crippen LogP contribution in [0.1, 0.15) is 28.4 Å². The molecule has 0 aliphatic rings. The molecule has 12 heteroatoms. The lowest BCUT2D eigenvalue weighted by molar-refractivity contribution is 0.0720. The zero-order valence-electron chi connectivity index (χ0n) is 16.7. The Morgan fingerprint density at radius 2 is 1.94 bits per heavy atom. The fourth-order valence-corrected chi connectivity index (χ4v) is 4.10. The van der Waals surface area contributed by atoms with Gasteiger partial charge in [0.15, 0.2) is 16.6 Å². The predicted molar refractivity (Wildman–Crippen MR) is 117 cm³/mol. The van der Waals surface area contributed by atoms with E-state index >= 15 is 0 Å². The summed E-state index contributed by atoms with van der Waals surface area (Å²) in [7, 11) is 0. The molecule has 0 radical (unpaired) electrons. The van der Waals surface area contributed by atoms with Crippen LogP contribution in [0.2, 0.25) is 5.02 Å². The first-order chi connectivity index (χ1) is 15.2. The van der Waals surface area contributed by atoms with Gasteiger partial charge in [0, 0.05) is 29.2 Å². The molecule has 8 nitrogen and oxygen atoms in total. The number of amides is 1. The van der Waals surface area contributed by atoms with Crippen LogP contribution in [0.4, 0.5) is 13.9 Å². The molecular weight excluding hydrogens is 462 g/mol. The third kappa shape index (κ3) is 4.16. The quantitative estimate of drug-likeness (QED) is 0.458. The molecule has 1 amide bonds. The number of hydrogen-bond donors (Lipinski definition) is 1. The summed E-state index contributed by atoms with van der Waals surface area (Å²) in [6, 6.07) is 8.04. The summed E-state index contributed by atoms with van der Waals surface area (Å²) in [5.74, 6) is -0.732. The zero-order chi connectivity index (χ0) is 23.0. The van der Waals surface area contributed by atoms with Gasteiger partial charge in [0.25, 0.3) is 5.91 Å². The van der Waals surface area contributed by atoms with Crippen LogP contribution in [0.5, 0.6) is 0 Å². The van der Waals surface area contributed by atoms with E-state index in [1.165, 1.54) is 16.9 Å². The fraction of sp³-hybridized carbons (Fsp3) is 0.150. The maximum atomic E-state index is 13.2. The van der Waals surface area contributed by atoms with Crippen LogP contribution in [0.3, 0.4) is 0 Å². The van der Waals surface area contributed by atoms with Gasteiger partial charge < -0.3 is 0 Å². The van der Waals surface area contributed by atoms with Crippen molar-refractivity contribution < 1.29 is 13.6 Å². The largest absolute Gasteiger partial charge is 0.320 e. The van der Waals surface area contributed by atoms with Crippen LogP contribution in [-0.2, 0) is 0 Å². The molecule has 1 N–H and O–H groups in total. The van der Waals surface area contributed by atoms with E-state index in [2.05, 4.69) is 20.4 Å². The van der Waals surface area contributed by atoms with E-state index in [0.29, 0.717) is 31.5 Å². The molecule has 32 heavy (non-hydrogen) atoms. The number of nitrogens with zero attached hydrogens (tertiary/aromatic N) is 5. The second-order valence-corrected chi connectivity index (χ2v) is 8.15. The minimum Gasteiger partial charge on any atom is -0.296 e. The molecule has 0 unspecified atom stereocenters. The number of benzene rings is 1. The smallest absolute Gasteiger partial charge is 0.296 e. The Balaban J connectivity index is 1.65. The van der Waals surface area contributed by atoms with Gasteiger partial charge in [-0.1, -0.05) is 22.9 Å². The SMILES string of the molecule is Cc1nc(NC(=O)c2nn(-c3ccc(Cl)cc3)c(C)cc2=O)sc1-c1nccn1C(F)F. The van der Waals surface area contributed by atoms with Crippen molar-refractivity contribution in [3.8, 4) is 16.4 Å². The molecule has 3 aromatic heterocycles. The van der Waals surface area contributed by atoms with Crippen LogP contribution < -0.4 is 10.7 Å². The summed E-state index contributed by atoms with van der Waals surface area (Å²) in [6.45, 7) is 0.533. The standard InChI is InChI=1S/C20H15ClF2N6O2S/c1-10-9-14(30)15(27-29(10)13-5-3-12(21)4-6-13)18(31)26-20-25-11(2)16(32-20)17-24-7-8-28(17)19(22)23/h3-9,19H,1-2H3,(H,25,26,31). The number of carbonyl (C=O) groups is 1. The lowest BCUT2D eigenvalue weighted by Gasteiger charge is -2.11. The molecule has 1 aromatic carbocycles. The Labute approximate surface area is 189 Å². The van der Waals surface area contributed by atoms with E-state index in [1.54, 1.807) is 38.1 Å². The molecule has 0 aliphatic carbocycles. The summed E-state index contributed by atoms with van der Waals surface area (Å²) < 4.78 is 28.5. The number of aryl methyl sites for hydroxylation is 2. The van der Waals surface area contributed by atoms with Crippen LogP contribution in [-0.4, -0.2) is 30.2 Å². The van der Waals surface area contributed by atoms with Crippen molar-refractivity contribution in [2.75, 3.05) is 5.32 Å². The summed E-state index contributed by atoms with van der Waals surface area (Å²) in [5, 5.41) is 7.39. The molecule has 0 saturated heterocycles. The molecular formula is C20H15ClF2N6O2S. The number of anilines is 1. The number of rotatable bonds is 5. The van der Waals surface area contributed by atoms with Crippen molar-refractivity contribution in [3.63, 3.8) is 0 Å². The van der Waals surface area contributed by atoms with E-state index < -0.39 is 17.9 Å². The molecule has 4 rings (SSSR count). The fourth-order valence-electron chi connectivity index (χ4n) is 3.01. The first-order valence-electron chi connectivity index (χ1n) is 9.21. The van der Waals surface area contributed by atoms with Crippen molar-refractivity contribution in [2.24, 2.45) is 0 Å². The second-order valence-electron chi connectivity index (χ2n) is 6.71. The van der Waals surface area contributed by atoms with Crippen LogP contribution in [0.15, 0.2) is 47.5 Å². The summed E-state index contributed by atoms with van der Waals surface area (Å²) in [5.41, 5.74) is 0.655. The van der Waals surface area contributed by atoms with E-state index in [9.17, 15) is 18.4 Å². The van der Waals surface area contributed by atoms with Crippen molar-refractivity contribution in [1.29, 1.82) is 0 Å². The van der Waals surface area contributed by atoms with E-state index in [-0.39, 0.29) is 16.6 Å². The van der Waals surface area contributed by atoms with Crippen molar-refractivity contribution >= 4 is 34.0 Å². The number of nitrogens with one attached hydrogen (secondary N) is 1. The van der Waals surface area contributed by atoms with Crippen molar-refractivity contribution in [2.45, 2.75) is 20.4 Å². The Morgan fingerprint density at radius 3 is 2.62 bits per heavy atom. The van der Waals surface area contributed by atoms with Gasteiger partial charge in [-0.25, -0.2) is 14.6 Å². The number of carbonyl (C=O) groups excluding carboxylic acids is 1. The maximum absolute atomic E-state index is 13.2. The average Bonchev–Trinajstić information content (AvgIpc) is 3.35. The minimum absolute atomic E-state index is 0.0362. The third-order valence-corrected chi connectivity index (χ3v) is 5.81. The van der Waals surface area contributed by atoms with E-state index in [1.807, 2.05) is 0 Å². The third-order valence-electron chi connectivity index (χ3n) is 4.49. The normalized spacial score (nSPS) is 11.2. The lowest BCUT2D eigenvalue weighted by atomic mass is 10.2. The highest BCUT2D eigenvalue weighted by molar-refractivity contribution is 7.19. The molecule has 0 aliphatic heterocycles. The van der Waals surface area contributed by atoms with E-state index in [4.69, 9.17) is 11.6 Å². The number of imidazole rings is 1. The molecule has 0 spiro atoms. The van der Waals surface area contributed by atoms with Gasteiger partial charge in [0.05, 0.1) is 16.3 Å². The summed E-state index contributed by atoms with van der Waals surface area (Å²) in [6.07, 6.45) is 2.42. The van der Waals surface area contributed by atoms with Crippen LogP contribution >= 0.6 is 22.9 Å². The molecule has 0 fully saturated rings. The second kappa shape index (κ2) is 8.60.